The number of carbonyl (C=O) groups is 16. The normalized spacial score (nSPS) is 13.5. The van der Waals surface area contributed by atoms with Crippen LogP contribution in [0.25, 0.3) is 0 Å². The van der Waals surface area contributed by atoms with E-state index in [2.05, 4.69) is 56.7 Å². The smallest absolute Gasteiger partial charge is 0.326 e. The Labute approximate surface area is 676 Å². The zero-order valence-corrected chi connectivity index (χ0v) is 67.2. The molecule has 9 atom stereocenters. The van der Waals surface area contributed by atoms with Gasteiger partial charge in [-0.25, -0.2) is 27.5 Å². The van der Waals surface area contributed by atoms with Crippen LogP contribution >= 0.6 is 22.9 Å². The van der Waals surface area contributed by atoms with Crippen LogP contribution in [0, 0.1) is 0 Å². The molecule has 0 unspecified atom stereocenters. The Hall–Kier alpha value is -8.15. The number of aliphatic hydroxyl groups excluding tert-OH is 2. The Kier molecular flexibility index (Phi) is 63.2. The molecule has 0 heterocycles. The molecular weight excluding hydrogens is 1630 g/mol. The number of unbranched alkanes of at least 4 members (excludes halogenated alkanes) is 14. The summed E-state index contributed by atoms with van der Waals surface area (Å²) in [6, 6.07) is -9.02. The van der Waals surface area contributed by atoms with Gasteiger partial charge < -0.3 is 123 Å². The molecule has 0 spiro atoms. The second-order valence-electron chi connectivity index (χ2n) is 26.7. The lowest BCUT2D eigenvalue weighted by molar-refractivity contribution is -0.143. The van der Waals surface area contributed by atoms with E-state index in [0.717, 1.165) is 70.6 Å². The van der Waals surface area contributed by atoms with Gasteiger partial charge in [-0.05, 0) is 77.6 Å². The van der Waals surface area contributed by atoms with Crippen molar-refractivity contribution in [1.82, 2.24) is 56.7 Å². The molecule has 0 bridgehead atoms. The summed E-state index contributed by atoms with van der Waals surface area (Å²) in [7, 11) is 0. The Balaban J connectivity index is 4.21. The summed E-state index contributed by atoms with van der Waals surface area (Å²) in [6.07, 6.45) is 10.7. The number of carboxylic acids is 6. The maximum Gasteiger partial charge on any atom is 0.326 e. The number of nitrogens with one attached hydrogen (secondary N) is 11. The fourth-order valence-electron chi connectivity index (χ4n) is 10.6. The van der Waals surface area contributed by atoms with Gasteiger partial charge in [0.1, 0.15) is 62.3 Å². The molecule has 0 aromatic heterocycles. The summed E-state index contributed by atoms with van der Waals surface area (Å²) in [5.41, 5.74) is 5.22. The molecule has 654 valence electrons. The van der Waals surface area contributed by atoms with E-state index in [1.807, 2.05) is 0 Å². The van der Waals surface area contributed by atoms with Crippen molar-refractivity contribution in [1.29, 1.82) is 0 Å². The standard InChI is InChI=1S/C71H123IN12O30/c1-47(85)64(65(73)97)83-66(98)48(84-72)18-16-17-31-74-54(86)26-22-51(69(103)104)80-60(92)44-112-41-39-110-36-33-76-56(88)28-24-53(71(107)108)82-62(94)46-114-43-40-111-37-34-77-57(89)29-23-52(70(105)106)81-61(93)45-113-42-38-109-35-32-75-55(87)27-21-49(67(99)100)79-59(91)30-25-50(68(101)102)78-58(90)19-14-12-10-8-6-4-2-3-5-7-9-11-13-15-20-63(95)96/h47-53,56,64,76,84-85,88H,2-46H2,1H3,(H2,73,97)(H,74,86)(H,75,87)(H,77,89)(H,78,90)(H,79,91)(H,80,92)(H,81,93)(H,82,94)(H,83,98)(H,95,96)(H,99,100)(H,101,102)(H,103,104)(H,105,106)(H,107,108)/t47-,48+,49+,50+,51+,52+,53+,56-,64+/m1/s1. The van der Waals surface area contributed by atoms with Crippen LogP contribution in [-0.4, -0.2) is 296 Å². The second kappa shape index (κ2) is 68.1. The van der Waals surface area contributed by atoms with E-state index in [0.29, 0.717) is 25.7 Å². The number of primary amides is 1. The third-order valence-corrected chi connectivity index (χ3v) is 17.7. The van der Waals surface area contributed by atoms with E-state index in [1.165, 1.54) is 19.8 Å². The average Bonchev–Trinajstić information content (AvgIpc) is 0.890. The van der Waals surface area contributed by atoms with E-state index in [1.54, 1.807) is 22.9 Å². The molecule has 0 aliphatic rings. The van der Waals surface area contributed by atoms with Crippen LogP contribution in [0.2, 0.25) is 0 Å². The van der Waals surface area contributed by atoms with Gasteiger partial charge in [-0.1, -0.05) is 77.0 Å². The summed E-state index contributed by atoms with van der Waals surface area (Å²) < 4.78 is 34.5. The number of carboxylic acid groups (broad SMARTS) is 6. The first-order valence-corrected chi connectivity index (χ1v) is 39.6. The first-order valence-electron chi connectivity index (χ1n) is 38.5. The zero-order valence-electron chi connectivity index (χ0n) is 65.0. The van der Waals surface area contributed by atoms with E-state index >= 15 is 0 Å². The first-order chi connectivity index (χ1) is 54.4. The van der Waals surface area contributed by atoms with E-state index in [-0.39, 0.29) is 156 Å². The summed E-state index contributed by atoms with van der Waals surface area (Å²) in [5.74, 6) is -14.3. The zero-order chi connectivity index (χ0) is 85.3. The monoisotopic (exact) mass is 1750 g/mol. The van der Waals surface area contributed by atoms with Crippen LogP contribution < -0.4 is 62.4 Å². The molecule has 0 radical (unpaired) electrons. The van der Waals surface area contributed by atoms with Crippen molar-refractivity contribution in [2.45, 2.75) is 248 Å². The lowest BCUT2D eigenvalue weighted by Crippen LogP contribution is -2.54. The van der Waals surface area contributed by atoms with Gasteiger partial charge >= 0.3 is 35.8 Å². The molecule has 0 fully saturated rings. The van der Waals surface area contributed by atoms with Gasteiger partial charge in [-0.15, -0.1) is 0 Å². The molecule has 0 rings (SSSR count). The minimum atomic E-state index is -1.47. The van der Waals surface area contributed by atoms with Crippen molar-refractivity contribution in [2.75, 3.05) is 105 Å². The van der Waals surface area contributed by atoms with Gasteiger partial charge in [0.05, 0.1) is 71.6 Å². The highest BCUT2D eigenvalue weighted by Gasteiger charge is 2.29. The van der Waals surface area contributed by atoms with E-state index < -0.39 is 176 Å². The number of aliphatic carboxylic acids is 6. The summed E-state index contributed by atoms with van der Waals surface area (Å²) >= 11 is 1.78. The van der Waals surface area contributed by atoms with Crippen molar-refractivity contribution >= 4 is 118 Å². The molecule has 114 heavy (non-hydrogen) atoms. The number of rotatable bonds is 77. The number of nitrogens with two attached hydrogens (primary N) is 1. The predicted molar refractivity (Wildman–Crippen MR) is 411 cm³/mol. The lowest BCUT2D eigenvalue weighted by atomic mass is 10.0. The summed E-state index contributed by atoms with van der Waals surface area (Å²) in [4.78, 5) is 193. The lowest BCUT2D eigenvalue weighted by Gasteiger charge is -2.21. The Morgan fingerprint density at radius 1 is 0.316 bits per heavy atom. The van der Waals surface area contributed by atoms with Crippen LogP contribution in [-0.2, 0) is 105 Å². The second-order valence-corrected chi connectivity index (χ2v) is 27.3. The fraction of sp³-hybridized carbons (Fsp3) is 0.775. The van der Waals surface area contributed by atoms with Gasteiger partial charge in [0, 0.05) is 87.6 Å². The average molecular weight is 1750 g/mol. The highest BCUT2D eigenvalue weighted by Crippen LogP contribution is 2.15. The number of amides is 10. The molecule has 10 amide bonds. The largest absolute Gasteiger partial charge is 0.481 e. The third-order valence-electron chi connectivity index (χ3n) is 16.9. The predicted octanol–water partition coefficient (Wildman–Crippen LogP) is -1.75. The van der Waals surface area contributed by atoms with E-state index in [9.17, 15) is 112 Å². The molecule has 0 aromatic rings. The topological polar surface area (TPSA) is 649 Å². The highest BCUT2D eigenvalue weighted by molar-refractivity contribution is 14.1. The molecule has 0 saturated carbocycles. The van der Waals surface area contributed by atoms with Crippen molar-refractivity contribution in [3.63, 3.8) is 0 Å². The Bertz CT molecular complexity index is 2870. The van der Waals surface area contributed by atoms with Crippen molar-refractivity contribution in [3.05, 3.63) is 0 Å². The van der Waals surface area contributed by atoms with Gasteiger partial charge in [0.25, 0.3) is 0 Å². The molecule has 43 heteroatoms. The molecule has 21 N–H and O–H groups in total. The quantitative estimate of drug-likeness (QED) is 0.0139. The van der Waals surface area contributed by atoms with Crippen LogP contribution in [0.5, 0.6) is 0 Å². The molecule has 0 aliphatic carbocycles. The molecule has 0 aromatic carbocycles. The number of hydrogen-bond acceptors (Lipinski definition) is 26. The minimum absolute atomic E-state index is 0.000634. The maximum atomic E-state index is 12.6. The van der Waals surface area contributed by atoms with Crippen LogP contribution in [0.1, 0.15) is 193 Å². The Morgan fingerprint density at radius 2 is 0.632 bits per heavy atom. The number of halogens is 1. The minimum Gasteiger partial charge on any atom is -0.481 e. The molecule has 0 saturated heterocycles. The van der Waals surface area contributed by atoms with Crippen molar-refractivity contribution in [2.24, 2.45) is 5.73 Å². The number of aliphatic hydroxyl groups is 2. The van der Waals surface area contributed by atoms with E-state index in [4.69, 9.17) is 39.3 Å². The number of carbonyl (C=O) groups excluding carboxylic acids is 10. The van der Waals surface area contributed by atoms with Crippen LogP contribution in [0.3, 0.4) is 0 Å². The maximum absolute atomic E-state index is 12.6. The number of hydrogen-bond donors (Lipinski definition) is 20. The van der Waals surface area contributed by atoms with Crippen molar-refractivity contribution in [3.8, 4) is 0 Å². The molecular formula is C71H123IN12O30. The number of ether oxygens (including phenoxy) is 6. The van der Waals surface area contributed by atoms with Crippen LogP contribution in [0.4, 0.5) is 0 Å². The third kappa shape index (κ3) is 60.4. The van der Waals surface area contributed by atoms with Gasteiger partial charge in [0.15, 0.2) is 0 Å². The molecule has 42 nitrogen and oxygen atoms in total. The van der Waals surface area contributed by atoms with Crippen molar-refractivity contribution < 1.29 is 146 Å². The first kappa shape index (κ1) is 106. The van der Waals surface area contributed by atoms with Gasteiger partial charge in [0.2, 0.25) is 59.1 Å². The SMILES string of the molecule is C[C@@H](O)[C@H](NC(=O)[C@H](CCCCNC(=O)CC[C@H](NC(=O)COCCOCCN[C@H](O)CC[C@H](NC(=O)COCCOCCNC(=O)CC[C@H](NC(=O)COCCOCCNC(=O)CC[C@H](NC(=O)CC[C@H](NC(=O)CCCCCCCCCCCCCCCCC(=O)O)C(=O)O)C(=O)O)C(=O)O)C(=O)O)C(=O)O)NI)C(N)=O. The fourth-order valence-corrected chi connectivity index (χ4v) is 11.2. The molecule has 0 aliphatic heterocycles. The van der Waals surface area contributed by atoms with Gasteiger partial charge in [-0.2, -0.15) is 0 Å². The summed E-state index contributed by atoms with van der Waals surface area (Å²) in [5, 5.41) is 101. The van der Waals surface area contributed by atoms with Gasteiger partial charge in [-0.3, -0.25) is 58.1 Å². The summed E-state index contributed by atoms with van der Waals surface area (Å²) in [6.45, 7) is -0.252. The van der Waals surface area contributed by atoms with Crippen LogP contribution in [0.15, 0.2) is 0 Å². The Morgan fingerprint density at radius 3 is 0.982 bits per heavy atom. The highest BCUT2D eigenvalue weighted by atomic mass is 127.